The van der Waals surface area contributed by atoms with Gasteiger partial charge in [-0.3, -0.25) is 0 Å². The van der Waals surface area contributed by atoms with Crippen molar-refractivity contribution in [3.05, 3.63) is 17.8 Å². The minimum absolute atomic E-state index is 0.244. The fraction of sp³-hybridized carbons (Fsp3) is 0.769. The number of piperidine rings is 1. The van der Waals surface area contributed by atoms with E-state index in [9.17, 15) is 0 Å². The van der Waals surface area contributed by atoms with Crippen molar-refractivity contribution in [2.24, 2.45) is 5.92 Å². The number of nitrogens with zero attached hydrogens (tertiary/aromatic N) is 2. The highest BCUT2D eigenvalue weighted by Crippen LogP contribution is 2.22. The average Bonchev–Trinajstić information content (AvgIpc) is 2.80. The molecule has 4 nitrogen and oxygen atoms in total. The molecule has 4 heteroatoms. The third kappa shape index (κ3) is 3.30. The molecule has 1 aliphatic heterocycles. The summed E-state index contributed by atoms with van der Waals surface area (Å²) >= 11 is 0. The van der Waals surface area contributed by atoms with E-state index in [1.807, 2.05) is 13.2 Å². The van der Waals surface area contributed by atoms with Gasteiger partial charge >= 0.3 is 0 Å². The Balaban J connectivity index is 1.88. The first-order valence-corrected chi connectivity index (χ1v) is 6.49. The van der Waals surface area contributed by atoms with Crippen LogP contribution in [0.2, 0.25) is 0 Å². The van der Waals surface area contributed by atoms with E-state index < -0.39 is 0 Å². The second-order valence-electron chi connectivity index (χ2n) is 5.12. The zero-order valence-electron chi connectivity index (χ0n) is 11.1. The van der Waals surface area contributed by atoms with Crippen LogP contribution < -0.4 is 5.32 Å². The highest BCUT2D eigenvalue weighted by atomic mass is 16.4. The predicted molar refractivity (Wildman–Crippen MR) is 67.9 cm³/mol. The van der Waals surface area contributed by atoms with Crippen LogP contribution in [0.3, 0.4) is 0 Å². The molecule has 96 valence electrons. The number of aromatic nitrogens is 1. The quantitative estimate of drug-likeness (QED) is 0.867. The van der Waals surface area contributed by atoms with Crippen LogP contribution in [0.5, 0.6) is 0 Å². The third-order valence-electron chi connectivity index (χ3n) is 3.73. The van der Waals surface area contributed by atoms with Gasteiger partial charge in [-0.25, -0.2) is 4.98 Å². The Morgan fingerprint density at radius 1 is 1.53 bits per heavy atom. The fourth-order valence-corrected chi connectivity index (χ4v) is 2.27. The van der Waals surface area contributed by atoms with Crippen molar-refractivity contribution >= 4 is 0 Å². The maximum Gasteiger partial charge on any atom is 0.194 e. The summed E-state index contributed by atoms with van der Waals surface area (Å²) in [7, 11) is 4.12. The van der Waals surface area contributed by atoms with Crippen LogP contribution in [-0.2, 0) is 6.42 Å². The molecule has 0 spiro atoms. The zero-order valence-corrected chi connectivity index (χ0v) is 11.1. The lowest BCUT2D eigenvalue weighted by atomic mass is 9.94. The van der Waals surface area contributed by atoms with E-state index in [2.05, 4.69) is 29.2 Å². The summed E-state index contributed by atoms with van der Waals surface area (Å²) in [5.41, 5.74) is 0. The predicted octanol–water partition coefficient (Wildman–Crippen LogP) is 1.84. The van der Waals surface area contributed by atoms with E-state index >= 15 is 0 Å². The molecular formula is C13H23N3O. The molecule has 2 rings (SSSR count). The molecule has 2 heterocycles. The highest BCUT2D eigenvalue weighted by Gasteiger charge is 2.19. The van der Waals surface area contributed by atoms with E-state index in [0.717, 1.165) is 24.0 Å². The lowest BCUT2D eigenvalue weighted by molar-refractivity contribution is 0.211. The highest BCUT2D eigenvalue weighted by molar-refractivity contribution is 5.00. The summed E-state index contributed by atoms with van der Waals surface area (Å²) in [5.74, 6) is 2.58. The monoisotopic (exact) mass is 237 g/mol. The molecule has 1 aliphatic rings. The van der Waals surface area contributed by atoms with Gasteiger partial charge in [0.1, 0.15) is 5.76 Å². The minimum atomic E-state index is 0.244. The van der Waals surface area contributed by atoms with Crippen LogP contribution in [-0.4, -0.2) is 37.1 Å². The van der Waals surface area contributed by atoms with Crippen molar-refractivity contribution in [3.63, 3.8) is 0 Å². The van der Waals surface area contributed by atoms with E-state index in [1.54, 1.807) is 0 Å². The van der Waals surface area contributed by atoms with Gasteiger partial charge in [-0.2, -0.15) is 0 Å². The first-order valence-electron chi connectivity index (χ1n) is 6.49. The van der Waals surface area contributed by atoms with E-state index in [-0.39, 0.29) is 6.04 Å². The maximum absolute atomic E-state index is 5.78. The standard InChI is InChI=1S/C13H23N3O/c1-10(14-2)12-9-15-13(17-12)8-11-4-6-16(3)7-5-11/h9-11,14H,4-8H2,1-3H3. The molecule has 0 amide bonds. The summed E-state index contributed by atoms with van der Waals surface area (Å²) in [5, 5.41) is 3.16. The van der Waals surface area contributed by atoms with E-state index in [1.165, 1.54) is 25.9 Å². The van der Waals surface area contributed by atoms with Crippen LogP contribution >= 0.6 is 0 Å². The summed E-state index contributed by atoms with van der Waals surface area (Å²) in [6.07, 6.45) is 5.36. The van der Waals surface area contributed by atoms with Crippen LogP contribution in [0.1, 0.15) is 37.5 Å². The Kier molecular flexibility index (Phi) is 4.18. The van der Waals surface area contributed by atoms with Gasteiger partial charge < -0.3 is 14.6 Å². The third-order valence-corrected chi connectivity index (χ3v) is 3.73. The second kappa shape index (κ2) is 5.65. The van der Waals surface area contributed by atoms with Gasteiger partial charge in [0.05, 0.1) is 12.2 Å². The molecule has 0 aliphatic carbocycles. The van der Waals surface area contributed by atoms with Crippen LogP contribution in [0.15, 0.2) is 10.6 Å². The average molecular weight is 237 g/mol. The largest absolute Gasteiger partial charge is 0.444 e. The lowest BCUT2D eigenvalue weighted by Crippen LogP contribution is -2.30. The normalized spacial score (nSPS) is 20.6. The van der Waals surface area contributed by atoms with Crippen LogP contribution in [0.4, 0.5) is 0 Å². The first-order chi connectivity index (χ1) is 8.19. The van der Waals surface area contributed by atoms with Crippen molar-refractivity contribution in [2.45, 2.75) is 32.2 Å². The van der Waals surface area contributed by atoms with Gasteiger partial charge in [0.2, 0.25) is 0 Å². The Morgan fingerprint density at radius 3 is 2.88 bits per heavy atom. The summed E-state index contributed by atoms with van der Waals surface area (Å²) in [6.45, 7) is 4.48. The van der Waals surface area contributed by atoms with Crippen molar-refractivity contribution in [2.75, 3.05) is 27.2 Å². The van der Waals surface area contributed by atoms with Gasteiger partial charge in [-0.15, -0.1) is 0 Å². The fourth-order valence-electron chi connectivity index (χ4n) is 2.27. The number of rotatable bonds is 4. The molecule has 1 unspecified atom stereocenters. The zero-order chi connectivity index (χ0) is 12.3. The first kappa shape index (κ1) is 12.6. The Morgan fingerprint density at radius 2 is 2.24 bits per heavy atom. The summed E-state index contributed by atoms with van der Waals surface area (Å²) < 4.78 is 5.78. The number of likely N-dealkylation sites (tertiary alicyclic amines) is 1. The Bertz CT molecular complexity index is 342. The molecule has 0 bridgehead atoms. The van der Waals surface area contributed by atoms with E-state index in [0.29, 0.717) is 0 Å². The maximum atomic E-state index is 5.78. The second-order valence-corrected chi connectivity index (χ2v) is 5.12. The molecule has 0 aromatic carbocycles. The summed E-state index contributed by atoms with van der Waals surface area (Å²) in [6, 6.07) is 0.244. The molecule has 0 radical (unpaired) electrons. The SMILES string of the molecule is CNC(C)c1cnc(CC2CCN(C)CC2)o1. The van der Waals surface area contributed by atoms with Crippen molar-refractivity contribution in [1.29, 1.82) is 0 Å². The molecule has 1 atom stereocenters. The number of nitrogens with one attached hydrogen (secondary N) is 1. The van der Waals surface area contributed by atoms with Gasteiger partial charge in [0, 0.05) is 6.42 Å². The Hall–Kier alpha value is -0.870. The molecule has 1 aromatic rings. The number of oxazole rings is 1. The smallest absolute Gasteiger partial charge is 0.194 e. The topological polar surface area (TPSA) is 41.3 Å². The van der Waals surface area contributed by atoms with Crippen molar-refractivity contribution in [3.8, 4) is 0 Å². The van der Waals surface area contributed by atoms with Gasteiger partial charge in [-0.1, -0.05) is 0 Å². The van der Waals surface area contributed by atoms with Gasteiger partial charge in [0.25, 0.3) is 0 Å². The van der Waals surface area contributed by atoms with Crippen molar-refractivity contribution in [1.82, 2.24) is 15.2 Å². The molecule has 17 heavy (non-hydrogen) atoms. The lowest BCUT2D eigenvalue weighted by Gasteiger charge is -2.28. The molecule has 1 saturated heterocycles. The van der Waals surface area contributed by atoms with Crippen LogP contribution in [0, 0.1) is 5.92 Å². The van der Waals surface area contributed by atoms with Crippen molar-refractivity contribution < 1.29 is 4.42 Å². The molecule has 1 N–H and O–H groups in total. The Labute approximate surface area is 103 Å². The summed E-state index contributed by atoms with van der Waals surface area (Å²) in [4.78, 5) is 6.77. The number of hydrogen-bond acceptors (Lipinski definition) is 4. The van der Waals surface area contributed by atoms with Crippen LogP contribution in [0.25, 0.3) is 0 Å². The molecule has 1 aromatic heterocycles. The van der Waals surface area contributed by atoms with Gasteiger partial charge in [0.15, 0.2) is 5.89 Å². The van der Waals surface area contributed by atoms with E-state index in [4.69, 9.17) is 4.42 Å². The molecule has 1 fully saturated rings. The molecule has 0 saturated carbocycles. The minimum Gasteiger partial charge on any atom is -0.444 e. The van der Waals surface area contributed by atoms with Gasteiger partial charge in [-0.05, 0) is 52.9 Å². The number of hydrogen-bond donors (Lipinski definition) is 1. The molecular weight excluding hydrogens is 214 g/mol.